The molecule has 0 aromatic carbocycles. The van der Waals surface area contributed by atoms with Crippen LogP contribution in [0.5, 0.6) is 0 Å². The molecule has 0 saturated carbocycles. The van der Waals surface area contributed by atoms with Gasteiger partial charge in [0, 0.05) is 6.20 Å². The van der Waals surface area contributed by atoms with Crippen LogP contribution in [0.25, 0.3) is 0 Å². The van der Waals surface area contributed by atoms with E-state index in [2.05, 4.69) is 4.98 Å². The monoisotopic (exact) mass is 213 g/mol. The Balaban J connectivity index is 2.12. The molecule has 1 unspecified atom stereocenters. The van der Waals surface area contributed by atoms with Gasteiger partial charge in [0.2, 0.25) is 0 Å². The van der Waals surface area contributed by atoms with E-state index in [0.29, 0.717) is 0 Å². The summed E-state index contributed by atoms with van der Waals surface area (Å²) in [5.41, 5.74) is 0. The number of thioether (sulfide) groups is 1. The second kappa shape index (κ2) is 3.80. The highest BCUT2D eigenvalue weighted by atomic mass is 32.2. The molecule has 1 saturated heterocycles. The van der Waals surface area contributed by atoms with Crippen LogP contribution in [-0.2, 0) is 0 Å². The number of thiazole rings is 1. The lowest BCUT2D eigenvalue weighted by Gasteiger charge is -2.03. The summed E-state index contributed by atoms with van der Waals surface area (Å²) in [6.07, 6.45) is 3.93. The fourth-order valence-corrected chi connectivity index (χ4v) is 3.49. The molecule has 2 nitrogen and oxygen atoms in total. The first-order valence-electron chi connectivity index (χ1n) is 4.35. The van der Waals surface area contributed by atoms with Gasteiger partial charge < -0.3 is 0 Å². The second-order valence-electron chi connectivity index (χ2n) is 3.11. The minimum atomic E-state index is 0.208. The predicted octanol–water partition coefficient (Wildman–Crippen LogP) is 2.53. The number of aryl methyl sites for hydroxylation is 1. The fraction of sp³-hybridized carbons (Fsp3) is 0.556. The molecule has 0 N–H and O–H groups in total. The van der Waals surface area contributed by atoms with E-state index in [1.54, 1.807) is 18.0 Å². The second-order valence-corrected chi connectivity index (χ2v) is 5.65. The fourth-order valence-electron chi connectivity index (χ4n) is 1.42. The number of rotatable bonds is 2. The highest BCUT2D eigenvalue weighted by Gasteiger charge is 2.25. The van der Waals surface area contributed by atoms with Gasteiger partial charge in [-0.25, -0.2) is 4.98 Å². The molecule has 1 aliphatic rings. The van der Waals surface area contributed by atoms with Gasteiger partial charge in [0.05, 0.1) is 15.1 Å². The largest absolute Gasteiger partial charge is 0.292 e. The summed E-state index contributed by atoms with van der Waals surface area (Å²) >= 11 is 3.29. The summed E-state index contributed by atoms with van der Waals surface area (Å²) in [5, 5.41) is 1.19. The molecule has 2 heterocycles. The maximum atomic E-state index is 11.8. The minimum Gasteiger partial charge on any atom is -0.292 e. The van der Waals surface area contributed by atoms with Crippen LogP contribution >= 0.6 is 23.1 Å². The summed E-state index contributed by atoms with van der Waals surface area (Å²) in [4.78, 5) is 16.7. The van der Waals surface area contributed by atoms with E-state index in [4.69, 9.17) is 0 Å². The maximum absolute atomic E-state index is 11.8. The smallest absolute Gasteiger partial charge is 0.187 e. The molecule has 1 aromatic rings. The van der Waals surface area contributed by atoms with E-state index in [0.717, 1.165) is 22.1 Å². The number of carbonyl (C=O) groups is 1. The number of ketones is 1. The van der Waals surface area contributed by atoms with Crippen LogP contribution in [0, 0.1) is 6.92 Å². The molecular formula is C9H11NOS2. The summed E-state index contributed by atoms with van der Waals surface area (Å²) < 4.78 is 0. The van der Waals surface area contributed by atoms with Crippen molar-refractivity contribution in [2.24, 2.45) is 0 Å². The van der Waals surface area contributed by atoms with E-state index < -0.39 is 0 Å². The summed E-state index contributed by atoms with van der Waals surface area (Å²) in [5.74, 6) is 1.42. The zero-order valence-corrected chi connectivity index (χ0v) is 9.08. The Kier molecular flexibility index (Phi) is 2.69. The van der Waals surface area contributed by atoms with Crippen molar-refractivity contribution in [3.63, 3.8) is 0 Å². The van der Waals surface area contributed by atoms with Crippen molar-refractivity contribution in [3.8, 4) is 0 Å². The molecule has 0 spiro atoms. The minimum absolute atomic E-state index is 0.208. The topological polar surface area (TPSA) is 30.0 Å². The Morgan fingerprint density at radius 1 is 1.69 bits per heavy atom. The SMILES string of the molecule is Cc1ncc(C(=O)C2CCCS2)s1. The van der Waals surface area contributed by atoms with Gasteiger partial charge in [0.1, 0.15) is 0 Å². The van der Waals surface area contributed by atoms with Gasteiger partial charge in [-0.15, -0.1) is 11.3 Å². The number of Topliss-reactive ketones (excluding diaryl/α,β-unsaturated/α-hetero) is 1. The lowest BCUT2D eigenvalue weighted by Crippen LogP contribution is -2.12. The molecular weight excluding hydrogens is 202 g/mol. The Morgan fingerprint density at radius 3 is 3.08 bits per heavy atom. The molecule has 1 atom stereocenters. The lowest BCUT2D eigenvalue weighted by atomic mass is 10.2. The molecule has 1 aromatic heterocycles. The quantitative estimate of drug-likeness (QED) is 0.707. The molecule has 70 valence electrons. The zero-order chi connectivity index (χ0) is 9.26. The van der Waals surface area contributed by atoms with Crippen molar-refractivity contribution in [1.29, 1.82) is 0 Å². The zero-order valence-electron chi connectivity index (χ0n) is 7.45. The Hall–Kier alpha value is -0.350. The van der Waals surface area contributed by atoms with Crippen molar-refractivity contribution >= 4 is 28.9 Å². The molecule has 2 rings (SSSR count). The standard InChI is InChI=1S/C9H11NOS2/c1-6-10-5-8(13-6)9(11)7-3-2-4-12-7/h5,7H,2-4H2,1H3. The van der Waals surface area contributed by atoms with Gasteiger partial charge in [-0.3, -0.25) is 4.79 Å². The van der Waals surface area contributed by atoms with Crippen LogP contribution in [0.4, 0.5) is 0 Å². The third-order valence-electron chi connectivity index (χ3n) is 2.09. The van der Waals surface area contributed by atoms with Crippen molar-refractivity contribution in [2.45, 2.75) is 25.0 Å². The molecule has 0 radical (unpaired) electrons. The molecule has 0 aliphatic carbocycles. The Labute approximate surface area is 85.8 Å². The Bertz CT molecular complexity index is 315. The van der Waals surface area contributed by atoms with Gasteiger partial charge in [0.15, 0.2) is 5.78 Å². The summed E-state index contributed by atoms with van der Waals surface area (Å²) in [6.45, 7) is 1.93. The van der Waals surface area contributed by atoms with Gasteiger partial charge in [0.25, 0.3) is 0 Å². The van der Waals surface area contributed by atoms with Crippen LogP contribution < -0.4 is 0 Å². The first-order chi connectivity index (χ1) is 6.27. The average molecular weight is 213 g/mol. The van der Waals surface area contributed by atoms with E-state index in [1.807, 2.05) is 6.92 Å². The van der Waals surface area contributed by atoms with Gasteiger partial charge in [-0.2, -0.15) is 11.8 Å². The number of nitrogens with zero attached hydrogens (tertiary/aromatic N) is 1. The number of hydrogen-bond donors (Lipinski definition) is 0. The van der Waals surface area contributed by atoms with Crippen molar-refractivity contribution in [2.75, 3.05) is 5.75 Å². The molecule has 1 aliphatic heterocycles. The third-order valence-corrected chi connectivity index (χ3v) is 4.39. The van der Waals surface area contributed by atoms with Crippen molar-refractivity contribution in [3.05, 3.63) is 16.1 Å². The number of carbonyl (C=O) groups excluding carboxylic acids is 1. The summed E-state index contributed by atoms with van der Waals surface area (Å²) in [6, 6.07) is 0. The molecule has 4 heteroatoms. The van der Waals surface area contributed by atoms with E-state index in [-0.39, 0.29) is 11.0 Å². The lowest BCUT2D eigenvalue weighted by molar-refractivity contribution is 0.0992. The summed E-state index contributed by atoms with van der Waals surface area (Å²) in [7, 11) is 0. The highest BCUT2D eigenvalue weighted by molar-refractivity contribution is 8.00. The van der Waals surface area contributed by atoms with Crippen LogP contribution in [0.3, 0.4) is 0 Å². The van der Waals surface area contributed by atoms with Crippen LogP contribution in [0.15, 0.2) is 6.20 Å². The van der Waals surface area contributed by atoms with Gasteiger partial charge >= 0.3 is 0 Å². The molecule has 13 heavy (non-hydrogen) atoms. The normalized spacial score (nSPS) is 22.1. The van der Waals surface area contributed by atoms with Crippen LogP contribution in [0.2, 0.25) is 0 Å². The van der Waals surface area contributed by atoms with Crippen LogP contribution in [0.1, 0.15) is 27.5 Å². The maximum Gasteiger partial charge on any atom is 0.187 e. The van der Waals surface area contributed by atoms with E-state index in [1.165, 1.54) is 17.8 Å². The van der Waals surface area contributed by atoms with E-state index in [9.17, 15) is 4.79 Å². The van der Waals surface area contributed by atoms with Crippen molar-refractivity contribution < 1.29 is 4.79 Å². The molecule has 0 amide bonds. The van der Waals surface area contributed by atoms with Crippen molar-refractivity contribution in [1.82, 2.24) is 4.98 Å². The molecule has 1 fully saturated rings. The number of hydrogen-bond acceptors (Lipinski definition) is 4. The number of aromatic nitrogens is 1. The first kappa shape index (κ1) is 9.21. The van der Waals surface area contributed by atoms with E-state index >= 15 is 0 Å². The van der Waals surface area contributed by atoms with Crippen LogP contribution in [-0.4, -0.2) is 21.8 Å². The Morgan fingerprint density at radius 2 is 2.54 bits per heavy atom. The highest BCUT2D eigenvalue weighted by Crippen LogP contribution is 2.30. The van der Waals surface area contributed by atoms with Gasteiger partial charge in [-0.1, -0.05) is 0 Å². The molecule has 0 bridgehead atoms. The van der Waals surface area contributed by atoms with Gasteiger partial charge in [-0.05, 0) is 25.5 Å². The average Bonchev–Trinajstić information content (AvgIpc) is 2.72. The predicted molar refractivity (Wildman–Crippen MR) is 56.7 cm³/mol. The third kappa shape index (κ3) is 1.94. The first-order valence-corrected chi connectivity index (χ1v) is 6.22.